The van der Waals surface area contributed by atoms with Gasteiger partial charge in [0.25, 0.3) is 5.56 Å². The molecule has 2 aromatic rings. The minimum Gasteiger partial charge on any atom is -0.307 e. The first-order valence-electron chi connectivity index (χ1n) is 7.34. The number of aromatic amines is 1. The Labute approximate surface area is 142 Å². The number of hydrogen-bond donors (Lipinski definition) is 1. The molecule has 0 aliphatic rings. The van der Waals surface area contributed by atoms with Crippen LogP contribution < -0.4 is 11.2 Å². The van der Waals surface area contributed by atoms with Crippen molar-refractivity contribution in [2.45, 2.75) is 26.8 Å². The summed E-state index contributed by atoms with van der Waals surface area (Å²) in [6, 6.07) is 0. The monoisotopic (exact) mass is 346 g/mol. The molecule has 1 N–H and O–H groups in total. The van der Waals surface area contributed by atoms with Gasteiger partial charge in [0.1, 0.15) is 5.82 Å². The van der Waals surface area contributed by atoms with Gasteiger partial charge in [-0.2, -0.15) is 0 Å². The molecule has 0 aliphatic heterocycles. The Morgan fingerprint density at radius 1 is 1.42 bits per heavy atom. The molecule has 126 valence electrons. The van der Waals surface area contributed by atoms with E-state index in [4.69, 9.17) is 0 Å². The molecule has 0 atom stereocenters. The zero-order valence-electron chi connectivity index (χ0n) is 13.8. The summed E-state index contributed by atoms with van der Waals surface area (Å²) in [5.74, 6) is 6.93. The number of H-pyrrole nitrogens is 1. The molecule has 2 aromatic heterocycles. The van der Waals surface area contributed by atoms with Crippen molar-refractivity contribution in [3.05, 3.63) is 32.7 Å². The van der Waals surface area contributed by atoms with Gasteiger partial charge in [-0.15, -0.1) is 5.92 Å². The fraction of sp³-hybridized carbons (Fsp3) is 0.375. The molecule has 0 bridgehead atoms. The van der Waals surface area contributed by atoms with E-state index < -0.39 is 11.2 Å². The van der Waals surface area contributed by atoms with Gasteiger partial charge in [-0.3, -0.25) is 19.1 Å². The van der Waals surface area contributed by atoms with E-state index in [9.17, 15) is 14.4 Å². The normalized spacial score (nSPS) is 11.0. The van der Waals surface area contributed by atoms with Crippen molar-refractivity contribution in [1.82, 2.24) is 19.1 Å². The number of nitrogens with one attached hydrogen (secondary N) is 1. The van der Waals surface area contributed by atoms with Crippen molar-refractivity contribution < 1.29 is 4.79 Å². The third kappa shape index (κ3) is 3.86. The molecule has 24 heavy (non-hydrogen) atoms. The van der Waals surface area contributed by atoms with Crippen LogP contribution in [0.4, 0.5) is 0 Å². The fourth-order valence-corrected chi connectivity index (χ4v) is 2.70. The molecular weight excluding hydrogens is 328 g/mol. The molecule has 0 aromatic carbocycles. The Bertz CT molecular complexity index is 969. The molecule has 0 unspecified atom stereocenters. The Kier molecular flexibility index (Phi) is 5.82. The van der Waals surface area contributed by atoms with Gasteiger partial charge >= 0.3 is 5.69 Å². The third-order valence-corrected chi connectivity index (χ3v) is 4.15. The number of thioether (sulfide) groups is 1. The van der Waals surface area contributed by atoms with E-state index in [1.807, 2.05) is 6.08 Å². The second kappa shape index (κ2) is 7.84. The van der Waals surface area contributed by atoms with Gasteiger partial charge < -0.3 is 4.57 Å². The first kappa shape index (κ1) is 17.8. The fourth-order valence-electron chi connectivity index (χ4n) is 2.16. The van der Waals surface area contributed by atoms with Gasteiger partial charge in [0, 0.05) is 19.7 Å². The molecule has 7 nitrogen and oxygen atoms in total. The zero-order chi connectivity index (χ0) is 17.7. The van der Waals surface area contributed by atoms with Gasteiger partial charge in [-0.1, -0.05) is 23.8 Å². The molecule has 0 amide bonds. The number of carbonyl (C=O) groups is 1. The average molecular weight is 346 g/mol. The van der Waals surface area contributed by atoms with Crippen LogP contribution >= 0.6 is 11.8 Å². The largest absolute Gasteiger partial charge is 0.329 e. The minimum absolute atomic E-state index is 0.0791. The third-order valence-electron chi connectivity index (χ3n) is 3.31. The maximum atomic E-state index is 12.2. The minimum atomic E-state index is -0.507. The highest BCUT2D eigenvalue weighted by Gasteiger charge is 2.15. The van der Waals surface area contributed by atoms with Crippen LogP contribution in [0.25, 0.3) is 17.2 Å². The highest BCUT2D eigenvalue weighted by atomic mass is 32.2. The quantitative estimate of drug-likeness (QED) is 0.647. The lowest BCUT2D eigenvalue weighted by atomic mass is 10.4. The topological polar surface area (TPSA) is 89.8 Å². The predicted octanol–water partition coefficient (Wildman–Crippen LogP) is 1.13. The Balaban J connectivity index is 2.46. The molecule has 2 heterocycles. The Morgan fingerprint density at radius 3 is 2.83 bits per heavy atom. The van der Waals surface area contributed by atoms with Crippen LogP contribution in [0.15, 0.2) is 15.7 Å². The van der Waals surface area contributed by atoms with E-state index in [2.05, 4.69) is 21.8 Å². The standard InChI is InChI=1S/C16H18N4O3S/c1-4-5-9-20-12(8-6-7-10-24-11(2)21)17-14-13(20)15(22)18-16(23)19(14)3/h6,8H,7,9-10H2,1-3H3,(H,18,22,23). The van der Waals surface area contributed by atoms with Crippen molar-refractivity contribution in [1.29, 1.82) is 0 Å². The number of allylic oxidation sites excluding steroid dienone is 1. The summed E-state index contributed by atoms with van der Waals surface area (Å²) in [4.78, 5) is 41.5. The van der Waals surface area contributed by atoms with Gasteiger partial charge in [-0.05, 0) is 19.4 Å². The van der Waals surface area contributed by atoms with Crippen LogP contribution in [0.2, 0.25) is 0 Å². The lowest BCUT2D eigenvalue weighted by molar-refractivity contribution is -0.109. The molecule has 0 aliphatic carbocycles. The Hall–Kier alpha value is -2.53. The maximum absolute atomic E-state index is 12.2. The van der Waals surface area contributed by atoms with Crippen LogP contribution in [0, 0.1) is 11.8 Å². The van der Waals surface area contributed by atoms with Crippen molar-refractivity contribution in [3.8, 4) is 11.8 Å². The highest BCUT2D eigenvalue weighted by Crippen LogP contribution is 2.13. The SMILES string of the molecule is CC#CCn1c(C=CCCSC(C)=O)nc2c1c(=O)[nH]c(=O)n2C. The predicted molar refractivity (Wildman–Crippen MR) is 95.8 cm³/mol. The van der Waals surface area contributed by atoms with Crippen LogP contribution in [0.5, 0.6) is 0 Å². The summed E-state index contributed by atoms with van der Waals surface area (Å²) in [7, 11) is 1.56. The second-order valence-electron chi connectivity index (χ2n) is 5.00. The van der Waals surface area contributed by atoms with E-state index in [0.29, 0.717) is 35.7 Å². The average Bonchev–Trinajstić information content (AvgIpc) is 2.89. The summed E-state index contributed by atoms with van der Waals surface area (Å²) in [6.45, 7) is 3.55. The maximum Gasteiger partial charge on any atom is 0.329 e. The number of nitrogens with zero attached hydrogens (tertiary/aromatic N) is 3. The van der Waals surface area contributed by atoms with E-state index >= 15 is 0 Å². The lowest BCUT2D eigenvalue weighted by Gasteiger charge is -2.01. The van der Waals surface area contributed by atoms with Crippen molar-refractivity contribution in [3.63, 3.8) is 0 Å². The molecule has 8 heteroatoms. The lowest BCUT2D eigenvalue weighted by Crippen LogP contribution is -2.29. The molecule has 0 spiro atoms. The number of hydrogen-bond acceptors (Lipinski definition) is 5. The summed E-state index contributed by atoms with van der Waals surface area (Å²) >= 11 is 1.26. The number of rotatable bonds is 5. The molecular formula is C16H18N4O3S. The van der Waals surface area contributed by atoms with Gasteiger partial charge in [-0.25, -0.2) is 9.78 Å². The Morgan fingerprint density at radius 2 is 2.17 bits per heavy atom. The zero-order valence-corrected chi connectivity index (χ0v) is 14.6. The number of imidazole rings is 1. The summed E-state index contributed by atoms with van der Waals surface area (Å²) in [5, 5.41) is 0.0791. The van der Waals surface area contributed by atoms with Crippen molar-refractivity contribution >= 4 is 34.1 Å². The van der Waals surface area contributed by atoms with Crippen LogP contribution in [-0.4, -0.2) is 30.0 Å². The highest BCUT2D eigenvalue weighted by molar-refractivity contribution is 8.13. The number of carbonyl (C=O) groups excluding carboxylic acids is 1. The van der Waals surface area contributed by atoms with Gasteiger partial charge in [0.15, 0.2) is 16.3 Å². The van der Waals surface area contributed by atoms with Crippen molar-refractivity contribution in [2.75, 3.05) is 5.75 Å². The molecule has 2 rings (SSSR count). The van der Waals surface area contributed by atoms with E-state index in [1.165, 1.54) is 23.3 Å². The van der Waals surface area contributed by atoms with Gasteiger partial charge in [0.05, 0.1) is 6.54 Å². The molecule has 0 radical (unpaired) electrons. The van der Waals surface area contributed by atoms with Crippen LogP contribution in [0.3, 0.4) is 0 Å². The smallest absolute Gasteiger partial charge is 0.307 e. The first-order valence-corrected chi connectivity index (χ1v) is 8.33. The molecule has 0 saturated heterocycles. The first-order chi connectivity index (χ1) is 11.5. The second-order valence-corrected chi connectivity index (χ2v) is 6.28. The number of aromatic nitrogens is 4. The van der Waals surface area contributed by atoms with E-state index in [1.54, 1.807) is 24.6 Å². The summed E-state index contributed by atoms with van der Waals surface area (Å²) in [5.41, 5.74) is -0.352. The number of fused-ring (bicyclic) bond motifs is 1. The van der Waals surface area contributed by atoms with Crippen molar-refractivity contribution in [2.24, 2.45) is 7.05 Å². The van der Waals surface area contributed by atoms with E-state index in [0.717, 1.165) is 0 Å². The molecule has 0 saturated carbocycles. The summed E-state index contributed by atoms with van der Waals surface area (Å²) in [6.07, 6.45) is 4.36. The van der Waals surface area contributed by atoms with Crippen LogP contribution in [0.1, 0.15) is 26.1 Å². The number of aryl methyl sites for hydroxylation is 1. The molecule has 0 fully saturated rings. The van der Waals surface area contributed by atoms with Gasteiger partial charge in [0.2, 0.25) is 0 Å². The van der Waals surface area contributed by atoms with Crippen LogP contribution in [-0.2, 0) is 18.4 Å². The summed E-state index contributed by atoms with van der Waals surface area (Å²) < 4.78 is 2.98. The van der Waals surface area contributed by atoms with E-state index in [-0.39, 0.29) is 5.12 Å².